The van der Waals surface area contributed by atoms with Crippen molar-refractivity contribution in [1.82, 2.24) is 15.5 Å². The Kier molecular flexibility index (Phi) is 7.29. The lowest BCUT2D eigenvalue weighted by Gasteiger charge is -2.34. The molecule has 2 amide bonds. The van der Waals surface area contributed by atoms with E-state index >= 15 is 0 Å². The third kappa shape index (κ3) is 7.11. The van der Waals surface area contributed by atoms with E-state index in [1.165, 1.54) is 12.8 Å². The largest absolute Gasteiger partial charge is 0.444 e. The van der Waals surface area contributed by atoms with Crippen molar-refractivity contribution >= 4 is 12.0 Å². The van der Waals surface area contributed by atoms with Crippen molar-refractivity contribution in [3.05, 3.63) is 0 Å². The van der Waals surface area contributed by atoms with Crippen molar-refractivity contribution in [2.24, 2.45) is 11.8 Å². The summed E-state index contributed by atoms with van der Waals surface area (Å²) < 4.78 is 5.41. The summed E-state index contributed by atoms with van der Waals surface area (Å²) in [7, 11) is 0. The predicted molar refractivity (Wildman–Crippen MR) is 99.7 cm³/mol. The minimum absolute atomic E-state index is 0.250. The quantitative estimate of drug-likeness (QED) is 0.633. The van der Waals surface area contributed by atoms with Crippen LogP contribution in [0.1, 0.15) is 53.4 Å². The molecule has 26 heavy (non-hydrogen) atoms. The van der Waals surface area contributed by atoms with E-state index in [9.17, 15) is 14.7 Å². The second kappa shape index (κ2) is 9.04. The topological polar surface area (TPSA) is 90.9 Å². The van der Waals surface area contributed by atoms with Crippen molar-refractivity contribution in [2.75, 3.05) is 26.2 Å². The Morgan fingerprint density at radius 1 is 1.12 bits per heavy atom. The maximum absolute atomic E-state index is 12.1. The third-order valence-electron chi connectivity index (χ3n) is 5.00. The smallest absolute Gasteiger partial charge is 0.410 e. The number of carbonyl (C=O) groups excluding carboxylic acids is 2. The molecule has 1 saturated heterocycles. The molecule has 7 heteroatoms. The second-order valence-electron chi connectivity index (χ2n) is 8.74. The molecule has 1 saturated carbocycles. The molecule has 3 N–H and O–H groups in total. The van der Waals surface area contributed by atoms with Gasteiger partial charge in [-0.25, -0.2) is 4.79 Å². The molecule has 2 rings (SSSR count). The number of aliphatic hydroxyl groups is 1. The highest BCUT2D eigenvalue weighted by Gasteiger charge is 2.29. The molecule has 7 nitrogen and oxygen atoms in total. The van der Waals surface area contributed by atoms with Crippen LogP contribution in [0, 0.1) is 11.8 Å². The minimum Gasteiger partial charge on any atom is -0.444 e. The van der Waals surface area contributed by atoms with E-state index in [1.54, 1.807) is 4.90 Å². The van der Waals surface area contributed by atoms with Gasteiger partial charge in [-0.05, 0) is 71.8 Å². The standard InChI is InChI=1S/C19H35N3O4/c1-13(16(23)17(24)21-12-14-5-6-14)20-11-15-7-9-22(10-8-15)18(25)26-19(2,3)4/h13-16,20,23H,5-12H2,1-4H3,(H,21,24). The van der Waals surface area contributed by atoms with Gasteiger partial charge < -0.3 is 25.4 Å². The predicted octanol–water partition coefficient (Wildman–Crippen LogP) is 1.50. The Morgan fingerprint density at radius 2 is 1.69 bits per heavy atom. The molecule has 0 radical (unpaired) electrons. The highest BCUT2D eigenvalue weighted by atomic mass is 16.6. The van der Waals surface area contributed by atoms with Gasteiger partial charge in [0.05, 0.1) is 0 Å². The van der Waals surface area contributed by atoms with Crippen LogP contribution in [-0.2, 0) is 9.53 Å². The highest BCUT2D eigenvalue weighted by Crippen LogP contribution is 2.27. The lowest BCUT2D eigenvalue weighted by molar-refractivity contribution is -0.130. The van der Waals surface area contributed by atoms with Crippen molar-refractivity contribution in [3.63, 3.8) is 0 Å². The summed E-state index contributed by atoms with van der Waals surface area (Å²) in [6, 6.07) is -0.293. The van der Waals surface area contributed by atoms with Crippen LogP contribution in [0.3, 0.4) is 0 Å². The van der Waals surface area contributed by atoms with Gasteiger partial charge in [0.1, 0.15) is 11.7 Å². The Hall–Kier alpha value is -1.34. The summed E-state index contributed by atoms with van der Waals surface area (Å²) in [6.45, 7) is 10.2. The lowest BCUT2D eigenvalue weighted by Crippen LogP contribution is -2.49. The van der Waals surface area contributed by atoms with Gasteiger partial charge in [0.25, 0.3) is 0 Å². The fraction of sp³-hybridized carbons (Fsp3) is 0.895. The van der Waals surface area contributed by atoms with E-state index < -0.39 is 11.7 Å². The molecule has 2 aliphatic rings. The van der Waals surface area contributed by atoms with E-state index in [0.29, 0.717) is 31.5 Å². The molecule has 0 aromatic heterocycles. The summed E-state index contributed by atoms with van der Waals surface area (Å²) in [5, 5.41) is 16.2. The van der Waals surface area contributed by atoms with Gasteiger partial charge in [-0.2, -0.15) is 0 Å². The molecule has 0 bridgehead atoms. The van der Waals surface area contributed by atoms with E-state index in [4.69, 9.17) is 4.74 Å². The maximum Gasteiger partial charge on any atom is 0.410 e. The minimum atomic E-state index is -1.03. The monoisotopic (exact) mass is 369 g/mol. The number of rotatable bonds is 7. The number of ether oxygens (including phenoxy) is 1. The van der Waals surface area contributed by atoms with Gasteiger partial charge in [-0.1, -0.05) is 0 Å². The first-order valence-corrected chi connectivity index (χ1v) is 9.83. The first kappa shape index (κ1) is 21.0. The van der Waals surface area contributed by atoms with Crippen LogP contribution in [-0.4, -0.2) is 65.9 Å². The molecular formula is C19H35N3O4. The van der Waals surface area contributed by atoms with Crippen LogP contribution >= 0.6 is 0 Å². The Balaban J connectivity index is 1.64. The fourth-order valence-corrected chi connectivity index (χ4v) is 3.01. The molecule has 150 valence electrons. The summed E-state index contributed by atoms with van der Waals surface area (Å²) in [5.74, 6) is 0.735. The van der Waals surface area contributed by atoms with Crippen LogP contribution in [0.15, 0.2) is 0 Å². The van der Waals surface area contributed by atoms with Crippen LogP contribution in [0.2, 0.25) is 0 Å². The maximum atomic E-state index is 12.1. The zero-order valence-electron chi connectivity index (χ0n) is 16.6. The fourth-order valence-electron chi connectivity index (χ4n) is 3.01. The summed E-state index contributed by atoms with van der Waals surface area (Å²) in [4.78, 5) is 25.8. The average Bonchev–Trinajstić information content (AvgIpc) is 3.40. The van der Waals surface area contributed by atoms with E-state index in [1.807, 2.05) is 27.7 Å². The van der Waals surface area contributed by atoms with Gasteiger partial charge >= 0.3 is 6.09 Å². The van der Waals surface area contributed by atoms with Gasteiger partial charge in [0.2, 0.25) is 5.91 Å². The van der Waals surface area contributed by atoms with Gasteiger partial charge in [-0.3, -0.25) is 4.79 Å². The normalized spacial score (nSPS) is 21.2. The SMILES string of the molecule is CC(NCC1CCN(C(=O)OC(C)(C)C)CC1)C(O)C(=O)NCC1CC1. The number of hydrogen-bond donors (Lipinski definition) is 3. The molecule has 2 fully saturated rings. The number of likely N-dealkylation sites (tertiary alicyclic amines) is 1. The molecule has 0 spiro atoms. The number of piperidine rings is 1. The molecule has 1 heterocycles. The van der Waals surface area contributed by atoms with Crippen molar-refractivity contribution in [2.45, 2.75) is 71.1 Å². The highest BCUT2D eigenvalue weighted by molar-refractivity contribution is 5.81. The molecule has 2 unspecified atom stereocenters. The summed E-state index contributed by atoms with van der Waals surface area (Å²) >= 11 is 0. The van der Waals surface area contributed by atoms with Crippen LogP contribution in [0.4, 0.5) is 4.79 Å². The number of aliphatic hydroxyl groups excluding tert-OH is 1. The first-order valence-electron chi connectivity index (χ1n) is 9.83. The first-order chi connectivity index (χ1) is 12.2. The van der Waals surface area contributed by atoms with Gasteiger partial charge in [-0.15, -0.1) is 0 Å². The van der Waals surface area contributed by atoms with E-state index in [2.05, 4.69) is 10.6 Å². The van der Waals surface area contributed by atoms with Crippen LogP contribution < -0.4 is 10.6 Å². The van der Waals surface area contributed by atoms with Crippen molar-refractivity contribution in [1.29, 1.82) is 0 Å². The van der Waals surface area contributed by atoms with E-state index in [0.717, 1.165) is 19.4 Å². The molecule has 0 aromatic rings. The van der Waals surface area contributed by atoms with Gasteiger partial charge in [0, 0.05) is 25.7 Å². The third-order valence-corrected chi connectivity index (χ3v) is 5.00. The Morgan fingerprint density at radius 3 is 2.23 bits per heavy atom. The zero-order valence-corrected chi connectivity index (χ0v) is 16.6. The zero-order chi connectivity index (χ0) is 19.3. The molecule has 1 aliphatic carbocycles. The number of amides is 2. The molecule has 1 aliphatic heterocycles. The second-order valence-corrected chi connectivity index (χ2v) is 8.74. The number of nitrogens with one attached hydrogen (secondary N) is 2. The molecule has 2 atom stereocenters. The van der Waals surface area contributed by atoms with Crippen molar-refractivity contribution < 1.29 is 19.4 Å². The van der Waals surface area contributed by atoms with Crippen LogP contribution in [0.5, 0.6) is 0 Å². The lowest BCUT2D eigenvalue weighted by atomic mass is 9.96. The summed E-state index contributed by atoms with van der Waals surface area (Å²) in [5.41, 5.74) is -0.471. The van der Waals surface area contributed by atoms with Gasteiger partial charge in [0.15, 0.2) is 0 Å². The Labute approximate surface area is 156 Å². The molecule has 0 aromatic carbocycles. The average molecular weight is 370 g/mol. The number of nitrogens with zero attached hydrogens (tertiary/aromatic N) is 1. The van der Waals surface area contributed by atoms with Crippen molar-refractivity contribution in [3.8, 4) is 0 Å². The number of hydrogen-bond acceptors (Lipinski definition) is 5. The Bertz CT molecular complexity index is 480. The number of carbonyl (C=O) groups is 2. The summed E-state index contributed by atoms with van der Waals surface area (Å²) in [6.07, 6.45) is 2.85. The van der Waals surface area contributed by atoms with E-state index in [-0.39, 0.29) is 18.0 Å². The molecular weight excluding hydrogens is 334 g/mol. The van der Waals surface area contributed by atoms with Crippen LogP contribution in [0.25, 0.3) is 0 Å².